The van der Waals surface area contributed by atoms with Gasteiger partial charge in [0.15, 0.2) is 0 Å². The van der Waals surface area contributed by atoms with E-state index in [-0.39, 0.29) is 56.7 Å². The third-order valence-corrected chi connectivity index (χ3v) is 8.61. The lowest BCUT2D eigenvalue weighted by Crippen LogP contribution is -2.76. The Bertz CT molecular complexity index is 1880. The van der Waals surface area contributed by atoms with Gasteiger partial charge in [-0.1, -0.05) is 54.6 Å². The summed E-state index contributed by atoms with van der Waals surface area (Å²) in [6, 6.07) is 19.5. The summed E-state index contributed by atoms with van der Waals surface area (Å²) < 4.78 is 16.0. The zero-order valence-electron chi connectivity index (χ0n) is 26.1. The molecular formula is C32H35N8O7P. The van der Waals surface area contributed by atoms with Crippen molar-refractivity contribution in [3.63, 3.8) is 0 Å². The Morgan fingerprint density at radius 3 is 2.44 bits per heavy atom. The Kier molecular flexibility index (Phi) is 9.29. The van der Waals surface area contributed by atoms with E-state index in [0.717, 1.165) is 11.1 Å². The number of phosphoric acid groups is 1. The Morgan fingerprint density at radius 2 is 1.73 bits per heavy atom. The van der Waals surface area contributed by atoms with E-state index in [0.29, 0.717) is 16.6 Å². The third kappa shape index (κ3) is 7.24. The van der Waals surface area contributed by atoms with Gasteiger partial charge in [-0.2, -0.15) is 15.0 Å². The monoisotopic (exact) mass is 674 g/mol. The number of hydrogen-bond acceptors (Lipinski definition) is 8. The highest BCUT2D eigenvalue weighted by Gasteiger charge is 2.51. The molecule has 3 heterocycles. The maximum Gasteiger partial charge on any atom is 0.524 e. The molecule has 0 radical (unpaired) electrons. The molecule has 1 aromatic heterocycles. The number of benzene rings is 3. The van der Waals surface area contributed by atoms with Gasteiger partial charge >= 0.3 is 13.9 Å². The van der Waals surface area contributed by atoms with E-state index in [1.54, 1.807) is 35.2 Å². The van der Waals surface area contributed by atoms with Crippen molar-refractivity contribution in [2.75, 3.05) is 19.6 Å². The van der Waals surface area contributed by atoms with Gasteiger partial charge in [0, 0.05) is 33.1 Å². The standard InChI is InChI=1S/C32H35N8O7P/c1-3-15-38-21-30(41)39-28(17-22-9-12-25(13-10-22)47-48(44,45)46)31(42)37(19-24-11-14-26-27(16-24)35-36(2)34-26)20-29(39)40(38)32(43)33-18-23-7-5-4-6-8-23/h3-14,16,28-29H,1,15,17-21H2,2H3,(H,33,43)(H2,44,45,46)/t28-,29-/m0/s1. The van der Waals surface area contributed by atoms with Gasteiger partial charge in [-0.3, -0.25) is 19.4 Å². The van der Waals surface area contributed by atoms with Gasteiger partial charge in [-0.15, -0.1) is 6.58 Å². The molecule has 16 heteroatoms. The number of aryl methyl sites for hydroxylation is 1. The Balaban J connectivity index is 1.34. The lowest BCUT2D eigenvalue weighted by molar-refractivity contribution is -0.189. The molecule has 4 aromatic rings. The molecule has 48 heavy (non-hydrogen) atoms. The van der Waals surface area contributed by atoms with E-state index in [1.165, 1.54) is 26.8 Å². The number of hydrogen-bond donors (Lipinski definition) is 3. The number of piperazine rings is 1. The van der Waals surface area contributed by atoms with Crippen LogP contribution in [-0.2, 0) is 40.7 Å². The molecule has 6 rings (SSSR count). The van der Waals surface area contributed by atoms with Gasteiger partial charge in [-0.05, 0) is 41.0 Å². The molecule has 0 unspecified atom stereocenters. The number of carbonyl (C=O) groups is 3. The number of fused-ring (bicyclic) bond motifs is 2. The molecule has 4 amide bonds. The molecule has 0 aliphatic carbocycles. The molecule has 0 bridgehead atoms. The van der Waals surface area contributed by atoms with Crippen LogP contribution in [0.5, 0.6) is 5.75 Å². The summed E-state index contributed by atoms with van der Waals surface area (Å²) >= 11 is 0. The van der Waals surface area contributed by atoms with E-state index in [1.807, 2.05) is 48.5 Å². The van der Waals surface area contributed by atoms with Gasteiger partial charge < -0.3 is 19.6 Å². The van der Waals surface area contributed by atoms with Crippen LogP contribution in [0.1, 0.15) is 16.7 Å². The molecule has 2 aliphatic heterocycles. The molecule has 250 valence electrons. The van der Waals surface area contributed by atoms with Gasteiger partial charge in [0.2, 0.25) is 11.8 Å². The highest BCUT2D eigenvalue weighted by atomic mass is 31.2. The summed E-state index contributed by atoms with van der Waals surface area (Å²) in [6.07, 6.45) is 0.848. The van der Waals surface area contributed by atoms with Crippen molar-refractivity contribution in [1.82, 2.24) is 40.1 Å². The first-order valence-corrected chi connectivity index (χ1v) is 16.7. The Morgan fingerprint density at radius 1 is 1.02 bits per heavy atom. The van der Waals surface area contributed by atoms with Gasteiger partial charge in [-0.25, -0.2) is 19.4 Å². The Labute approximate surface area is 276 Å². The van der Waals surface area contributed by atoms with Crippen molar-refractivity contribution in [3.8, 4) is 5.75 Å². The minimum atomic E-state index is -4.76. The highest BCUT2D eigenvalue weighted by molar-refractivity contribution is 7.46. The molecule has 2 aliphatic rings. The zero-order valence-corrected chi connectivity index (χ0v) is 27.0. The van der Waals surface area contributed by atoms with Crippen LogP contribution in [0, 0.1) is 0 Å². The number of aromatic nitrogens is 3. The summed E-state index contributed by atoms with van der Waals surface area (Å²) in [4.78, 5) is 65.0. The van der Waals surface area contributed by atoms with Crippen molar-refractivity contribution >= 4 is 36.7 Å². The molecule has 3 N–H and O–H groups in total. The van der Waals surface area contributed by atoms with Crippen molar-refractivity contribution in [2.45, 2.75) is 31.7 Å². The number of phosphoric ester groups is 1. The average molecular weight is 675 g/mol. The topological polar surface area (TPSA) is 174 Å². The summed E-state index contributed by atoms with van der Waals surface area (Å²) in [5.41, 5.74) is 3.69. The number of urea groups is 1. The summed E-state index contributed by atoms with van der Waals surface area (Å²) in [5.74, 6) is -0.679. The zero-order chi connectivity index (χ0) is 34.0. The maximum absolute atomic E-state index is 14.3. The highest BCUT2D eigenvalue weighted by Crippen LogP contribution is 2.37. The third-order valence-electron chi connectivity index (χ3n) is 8.16. The second-order valence-electron chi connectivity index (χ2n) is 11.6. The fourth-order valence-electron chi connectivity index (χ4n) is 6.13. The number of nitrogens with zero attached hydrogens (tertiary/aromatic N) is 7. The number of nitrogens with one attached hydrogen (secondary N) is 1. The minimum absolute atomic E-state index is 0.0427. The van der Waals surface area contributed by atoms with Crippen molar-refractivity contribution in [1.29, 1.82) is 0 Å². The number of carbonyl (C=O) groups excluding carboxylic acids is 3. The lowest BCUT2D eigenvalue weighted by Gasteiger charge is -2.55. The fourth-order valence-corrected chi connectivity index (χ4v) is 6.53. The normalized spacial score (nSPS) is 18.6. The van der Waals surface area contributed by atoms with Crippen LogP contribution in [0.25, 0.3) is 11.0 Å². The molecule has 2 fully saturated rings. The van der Waals surface area contributed by atoms with Crippen LogP contribution >= 0.6 is 7.82 Å². The molecule has 2 saturated heterocycles. The van der Waals surface area contributed by atoms with Crippen molar-refractivity contribution < 1.29 is 33.3 Å². The minimum Gasteiger partial charge on any atom is -0.404 e. The predicted molar refractivity (Wildman–Crippen MR) is 173 cm³/mol. The molecular weight excluding hydrogens is 639 g/mol. The first kappa shape index (κ1) is 32.8. The van der Waals surface area contributed by atoms with Crippen LogP contribution in [-0.4, -0.2) is 94.3 Å². The predicted octanol–water partition coefficient (Wildman–Crippen LogP) is 2.18. The van der Waals surface area contributed by atoms with E-state index in [9.17, 15) is 28.7 Å². The summed E-state index contributed by atoms with van der Waals surface area (Å²) in [5, 5.41) is 14.8. The molecule has 0 saturated carbocycles. The van der Waals surface area contributed by atoms with Crippen LogP contribution in [0.3, 0.4) is 0 Å². The van der Waals surface area contributed by atoms with Crippen LogP contribution in [0.15, 0.2) is 85.5 Å². The average Bonchev–Trinajstić information content (AvgIpc) is 3.42. The summed E-state index contributed by atoms with van der Waals surface area (Å²) in [7, 11) is -3.04. The van der Waals surface area contributed by atoms with Gasteiger partial charge in [0.1, 0.15) is 29.0 Å². The van der Waals surface area contributed by atoms with Crippen LogP contribution < -0.4 is 9.84 Å². The number of hydrazine groups is 1. The lowest BCUT2D eigenvalue weighted by atomic mass is 9.98. The molecule has 0 spiro atoms. The van der Waals surface area contributed by atoms with Crippen molar-refractivity contribution in [2.24, 2.45) is 7.05 Å². The molecule has 15 nitrogen and oxygen atoms in total. The first-order valence-electron chi connectivity index (χ1n) is 15.2. The van der Waals surface area contributed by atoms with E-state index in [2.05, 4.69) is 26.6 Å². The first-order chi connectivity index (χ1) is 23.0. The van der Waals surface area contributed by atoms with Crippen LogP contribution in [0.2, 0.25) is 0 Å². The second-order valence-corrected chi connectivity index (χ2v) is 12.7. The number of rotatable bonds is 10. The van der Waals surface area contributed by atoms with Gasteiger partial charge in [0.05, 0.1) is 13.1 Å². The van der Waals surface area contributed by atoms with E-state index >= 15 is 0 Å². The SMILES string of the molecule is C=CCN1CC(=O)N2[C@@H](Cc3ccc(OP(=O)(O)O)cc3)C(=O)N(Cc3ccc4nn(C)nc4c3)C[C@@H]2N1C(=O)NCc1ccccc1. The smallest absolute Gasteiger partial charge is 0.404 e. The van der Waals surface area contributed by atoms with E-state index in [4.69, 9.17) is 0 Å². The van der Waals surface area contributed by atoms with Gasteiger partial charge in [0.25, 0.3) is 0 Å². The van der Waals surface area contributed by atoms with Crippen LogP contribution in [0.4, 0.5) is 4.79 Å². The Hall–Kier alpha value is -5.08. The van der Waals surface area contributed by atoms with Crippen molar-refractivity contribution in [3.05, 3.63) is 102 Å². The second kappa shape index (κ2) is 13.6. The van der Waals surface area contributed by atoms with E-state index < -0.39 is 26.1 Å². The quantitative estimate of drug-likeness (QED) is 0.167. The molecule has 2 atom stereocenters. The molecule has 3 aromatic carbocycles. The fraction of sp³-hybridized carbons (Fsp3) is 0.281. The largest absolute Gasteiger partial charge is 0.524 e. The summed E-state index contributed by atoms with van der Waals surface area (Å²) in [6.45, 7) is 4.38. The number of amides is 4. The maximum atomic E-state index is 14.3.